The number of allylic oxidation sites excluding steroid dienone is 1. The van der Waals surface area contributed by atoms with Gasteiger partial charge in [0.25, 0.3) is 0 Å². The van der Waals surface area contributed by atoms with E-state index in [1.54, 1.807) is 6.07 Å². The van der Waals surface area contributed by atoms with Crippen molar-refractivity contribution in [1.29, 1.82) is 0 Å². The summed E-state index contributed by atoms with van der Waals surface area (Å²) in [6.07, 6.45) is -2.17. The first-order valence-electron chi connectivity index (χ1n) is 13.5. The molecule has 5 rings (SSSR count). The first-order chi connectivity index (χ1) is 19.6. The number of fused-ring (bicyclic) bond motifs is 1. The van der Waals surface area contributed by atoms with Crippen molar-refractivity contribution in [1.82, 2.24) is 4.90 Å². The van der Waals surface area contributed by atoms with Crippen LogP contribution in [0.25, 0.3) is 11.1 Å². The Balaban J connectivity index is 1.52. The summed E-state index contributed by atoms with van der Waals surface area (Å²) >= 11 is 6.50. The number of ether oxygens (including phenoxy) is 2. The molecule has 0 spiro atoms. The van der Waals surface area contributed by atoms with E-state index in [1.807, 2.05) is 24.3 Å². The van der Waals surface area contributed by atoms with Crippen molar-refractivity contribution in [3.05, 3.63) is 87.7 Å². The van der Waals surface area contributed by atoms with Gasteiger partial charge in [-0.05, 0) is 102 Å². The molecule has 3 aromatic carbocycles. The van der Waals surface area contributed by atoms with E-state index in [2.05, 4.69) is 9.64 Å². The van der Waals surface area contributed by atoms with Crippen LogP contribution in [0.1, 0.15) is 47.9 Å². The zero-order valence-corrected chi connectivity index (χ0v) is 22.9. The summed E-state index contributed by atoms with van der Waals surface area (Å²) in [5.41, 5.74) is 3.61. The molecule has 4 nitrogen and oxygen atoms in total. The molecule has 0 unspecified atom stereocenters. The van der Waals surface area contributed by atoms with Gasteiger partial charge in [0, 0.05) is 19.6 Å². The third-order valence-electron chi connectivity index (χ3n) is 7.43. The van der Waals surface area contributed by atoms with E-state index in [4.69, 9.17) is 16.3 Å². The molecule has 0 saturated carbocycles. The quantitative estimate of drug-likeness (QED) is 0.267. The maximum absolute atomic E-state index is 15.1. The van der Waals surface area contributed by atoms with E-state index in [-0.39, 0.29) is 17.8 Å². The average molecular weight is 594 g/mol. The first-order valence-corrected chi connectivity index (χ1v) is 13.9. The summed E-state index contributed by atoms with van der Waals surface area (Å²) in [5.74, 6) is -0.917. The molecular formula is C31H29ClF5NO3. The second kappa shape index (κ2) is 12.3. The Morgan fingerprint density at radius 3 is 2.41 bits per heavy atom. The molecular weight excluding hydrogens is 565 g/mol. The van der Waals surface area contributed by atoms with Crippen LogP contribution in [-0.2, 0) is 6.42 Å². The Morgan fingerprint density at radius 1 is 0.976 bits per heavy atom. The highest BCUT2D eigenvalue weighted by Gasteiger charge is 2.32. The van der Waals surface area contributed by atoms with Gasteiger partial charge in [0.05, 0.1) is 11.7 Å². The lowest BCUT2D eigenvalue weighted by Gasteiger charge is -2.19. The Hall–Kier alpha value is -3.30. The lowest BCUT2D eigenvalue weighted by Crippen LogP contribution is -2.26. The van der Waals surface area contributed by atoms with Crippen molar-refractivity contribution in [2.75, 3.05) is 26.3 Å². The molecule has 10 heteroatoms. The molecule has 1 aliphatic heterocycles. The summed E-state index contributed by atoms with van der Waals surface area (Å²) in [4.78, 5) is 2.18. The molecule has 0 bridgehead atoms. The van der Waals surface area contributed by atoms with Crippen LogP contribution in [-0.4, -0.2) is 48.8 Å². The smallest absolute Gasteiger partial charge is 0.505 e. The van der Waals surface area contributed by atoms with Gasteiger partial charge in [0.2, 0.25) is 0 Å². The van der Waals surface area contributed by atoms with Gasteiger partial charge in [-0.15, -0.1) is 13.2 Å². The third kappa shape index (κ3) is 6.79. The van der Waals surface area contributed by atoms with Crippen LogP contribution in [0.15, 0.2) is 54.6 Å². The molecule has 1 N–H and O–H groups in total. The second-order valence-corrected chi connectivity index (χ2v) is 10.6. The number of hydrogen-bond donors (Lipinski definition) is 1. The molecule has 3 aromatic rings. The predicted octanol–water partition coefficient (Wildman–Crippen LogP) is 8.19. The van der Waals surface area contributed by atoms with Crippen molar-refractivity contribution < 1.29 is 36.5 Å². The number of aromatic hydroxyl groups is 1. The number of halogens is 6. The number of hydrogen-bond acceptors (Lipinski definition) is 4. The monoisotopic (exact) mass is 593 g/mol. The van der Waals surface area contributed by atoms with E-state index < -0.39 is 23.7 Å². The van der Waals surface area contributed by atoms with Gasteiger partial charge < -0.3 is 14.6 Å². The summed E-state index contributed by atoms with van der Waals surface area (Å²) < 4.78 is 76.2. The summed E-state index contributed by atoms with van der Waals surface area (Å²) in [6, 6.07) is 14.1. The molecule has 0 amide bonds. The van der Waals surface area contributed by atoms with E-state index in [1.165, 1.54) is 18.2 Å². The number of phenols is 1. The number of nitrogens with zero attached hydrogens (tertiary/aromatic N) is 1. The van der Waals surface area contributed by atoms with Crippen molar-refractivity contribution in [2.24, 2.45) is 0 Å². The molecule has 0 radical (unpaired) electrons. The van der Waals surface area contributed by atoms with E-state index in [0.29, 0.717) is 60.2 Å². The fourth-order valence-electron chi connectivity index (χ4n) is 5.63. The second-order valence-electron chi connectivity index (χ2n) is 10.2. The Bertz CT molecular complexity index is 1420. The summed E-state index contributed by atoms with van der Waals surface area (Å²) in [5, 5.41) is 10.1. The minimum Gasteiger partial charge on any atom is -0.505 e. The number of likely N-dealkylation sites (tertiary alicyclic amines) is 1. The predicted molar refractivity (Wildman–Crippen MR) is 148 cm³/mol. The highest BCUT2D eigenvalue weighted by Crippen LogP contribution is 2.44. The standard InChI is InChI=1S/C31H29ClF5NO3/c32-27-17-21(41-31(35,36)37)9-10-23(27)24-3-1-4-26-25(11-12-28(39)30(26)34)29(24)19-5-7-20(8-6-19)40-22-13-16-38(18-22)15-2-14-33/h5-12,17,22,39H,1-4,13-16,18H2/t22-/m0/s1. The minimum absolute atomic E-state index is 0.0119. The topological polar surface area (TPSA) is 41.9 Å². The largest absolute Gasteiger partial charge is 0.573 e. The van der Waals surface area contributed by atoms with E-state index in [9.17, 15) is 22.7 Å². The van der Waals surface area contributed by atoms with Crippen LogP contribution in [0.5, 0.6) is 17.2 Å². The maximum atomic E-state index is 15.1. The molecule has 1 fully saturated rings. The van der Waals surface area contributed by atoms with Crippen LogP contribution in [0, 0.1) is 5.82 Å². The average Bonchev–Trinajstić information content (AvgIpc) is 3.28. The SMILES string of the molecule is Oc1ccc2c(c1F)CCCC(c1ccc(OC(F)(F)F)cc1Cl)=C2c1ccc(O[C@H]2CCN(CCCF)C2)cc1. The Labute approximate surface area is 240 Å². The lowest BCUT2D eigenvalue weighted by atomic mass is 9.87. The lowest BCUT2D eigenvalue weighted by molar-refractivity contribution is -0.274. The normalized spacial score (nSPS) is 17.9. The van der Waals surface area contributed by atoms with Crippen molar-refractivity contribution >= 4 is 22.7 Å². The summed E-state index contributed by atoms with van der Waals surface area (Å²) in [6.45, 7) is 1.93. The number of rotatable bonds is 8. The molecule has 2 aliphatic rings. The summed E-state index contributed by atoms with van der Waals surface area (Å²) in [7, 11) is 0. The van der Waals surface area contributed by atoms with Gasteiger partial charge in [0.1, 0.15) is 17.6 Å². The molecule has 218 valence electrons. The maximum Gasteiger partial charge on any atom is 0.573 e. The number of alkyl halides is 4. The van der Waals surface area contributed by atoms with Gasteiger partial charge in [-0.3, -0.25) is 9.29 Å². The zero-order chi connectivity index (χ0) is 29.1. The molecule has 1 heterocycles. The van der Waals surface area contributed by atoms with Gasteiger partial charge in [-0.1, -0.05) is 29.8 Å². The van der Waals surface area contributed by atoms with Crippen molar-refractivity contribution in [3.63, 3.8) is 0 Å². The van der Waals surface area contributed by atoms with Gasteiger partial charge in [0.15, 0.2) is 11.6 Å². The fourth-order valence-corrected chi connectivity index (χ4v) is 5.91. The molecule has 41 heavy (non-hydrogen) atoms. The van der Waals surface area contributed by atoms with Crippen LogP contribution in [0.4, 0.5) is 22.0 Å². The zero-order valence-electron chi connectivity index (χ0n) is 22.1. The molecule has 1 atom stereocenters. The van der Waals surface area contributed by atoms with E-state index in [0.717, 1.165) is 36.7 Å². The Morgan fingerprint density at radius 2 is 1.71 bits per heavy atom. The van der Waals surface area contributed by atoms with E-state index >= 15 is 4.39 Å². The third-order valence-corrected chi connectivity index (χ3v) is 7.74. The van der Waals surface area contributed by atoms with Crippen LogP contribution in [0.3, 0.4) is 0 Å². The Kier molecular flexibility index (Phi) is 8.75. The molecule has 1 aliphatic carbocycles. The van der Waals surface area contributed by atoms with Gasteiger partial charge in [-0.25, -0.2) is 4.39 Å². The molecule has 1 saturated heterocycles. The van der Waals surface area contributed by atoms with Crippen LogP contribution < -0.4 is 9.47 Å². The van der Waals surface area contributed by atoms with Crippen LogP contribution >= 0.6 is 11.6 Å². The van der Waals surface area contributed by atoms with Crippen molar-refractivity contribution in [2.45, 2.75) is 44.6 Å². The minimum atomic E-state index is -4.86. The van der Waals surface area contributed by atoms with Crippen LogP contribution in [0.2, 0.25) is 5.02 Å². The number of phenolic OH excluding ortho intramolecular Hbond substituents is 1. The highest BCUT2D eigenvalue weighted by atomic mass is 35.5. The highest BCUT2D eigenvalue weighted by molar-refractivity contribution is 6.33. The van der Waals surface area contributed by atoms with Gasteiger partial charge in [-0.2, -0.15) is 0 Å². The molecule has 0 aromatic heterocycles. The van der Waals surface area contributed by atoms with Crippen molar-refractivity contribution in [3.8, 4) is 17.2 Å². The number of benzene rings is 3. The van der Waals surface area contributed by atoms with Gasteiger partial charge >= 0.3 is 6.36 Å². The first kappa shape index (κ1) is 29.2. The fraction of sp³-hybridized carbons (Fsp3) is 0.355.